The van der Waals surface area contributed by atoms with Crippen LogP contribution in [0.2, 0.25) is 0 Å². The topological polar surface area (TPSA) is 72.7 Å². The Labute approximate surface area is 142 Å². The monoisotopic (exact) mass is 343 g/mol. The minimum Gasteiger partial charge on any atom is -0.338 e. The van der Waals surface area contributed by atoms with E-state index in [1.165, 1.54) is 23.9 Å². The summed E-state index contributed by atoms with van der Waals surface area (Å²) in [6, 6.07) is 4.79. The second kappa shape index (κ2) is 6.39. The maximum absolute atomic E-state index is 13.8. The highest BCUT2D eigenvalue weighted by Crippen LogP contribution is 2.21. The smallest absolute Gasteiger partial charge is 0.163 e. The molecule has 0 radical (unpaired) electrons. The van der Waals surface area contributed by atoms with Crippen molar-refractivity contribution >= 4 is 17.3 Å². The van der Waals surface area contributed by atoms with E-state index in [4.69, 9.17) is 0 Å². The molecule has 0 atom stereocenters. The van der Waals surface area contributed by atoms with Crippen molar-refractivity contribution < 1.29 is 13.6 Å². The Morgan fingerprint density at radius 3 is 2.56 bits per heavy atom. The predicted molar refractivity (Wildman–Crippen MR) is 88.3 cm³/mol. The summed E-state index contributed by atoms with van der Waals surface area (Å²) < 4.78 is 28.3. The maximum atomic E-state index is 13.8. The van der Waals surface area contributed by atoms with Crippen molar-refractivity contribution in [3.8, 4) is 5.82 Å². The zero-order valence-corrected chi connectivity index (χ0v) is 13.8. The van der Waals surface area contributed by atoms with Crippen molar-refractivity contribution in [3.05, 3.63) is 59.2 Å². The Kier molecular flexibility index (Phi) is 4.26. The molecule has 2 heterocycles. The zero-order chi connectivity index (χ0) is 18.1. The van der Waals surface area contributed by atoms with Crippen LogP contribution in [0.15, 0.2) is 30.5 Å². The molecule has 0 bridgehead atoms. The van der Waals surface area contributed by atoms with Crippen molar-refractivity contribution in [2.24, 2.45) is 0 Å². The van der Waals surface area contributed by atoms with Gasteiger partial charge in [0.25, 0.3) is 0 Å². The van der Waals surface area contributed by atoms with Gasteiger partial charge in [0, 0.05) is 12.1 Å². The highest BCUT2D eigenvalue weighted by atomic mass is 19.1. The molecule has 1 N–H and O–H groups in total. The Hall–Kier alpha value is -3.16. The molecule has 0 unspecified atom stereocenters. The molecule has 25 heavy (non-hydrogen) atoms. The Balaban J connectivity index is 2.00. The SMILES string of the molecule is CC(=O)c1cnn(-c2cc(Nc3ccc(F)cc3F)nc(C)n2)c1C. The fourth-order valence-corrected chi connectivity index (χ4v) is 2.44. The van der Waals surface area contributed by atoms with Crippen LogP contribution in [-0.2, 0) is 0 Å². The average Bonchev–Trinajstić information content (AvgIpc) is 2.91. The number of carbonyl (C=O) groups is 1. The lowest BCUT2D eigenvalue weighted by Gasteiger charge is -2.10. The van der Waals surface area contributed by atoms with E-state index < -0.39 is 11.6 Å². The number of ketones is 1. The number of nitrogens with one attached hydrogen (secondary N) is 1. The van der Waals surface area contributed by atoms with Crippen LogP contribution in [0.1, 0.15) is 28.8 Å². The fraction of sp³-hybridized carbons (Fsp3) is 0.176. The van der Waals surface area contributed by atoms with Gasteiger partial charge in [-0.1, -0.05) is 0 Å². The minimum absolute atomic E-state index is 0.0899. The summed E-state index contributed by atoms with van der Waals surface area (Å²) in [5.41, 5.74) is 1.23. The molecule has 8 heteroatoms. The van der Waals surface area contributed by atoms with E-state index in [-0.39, 0.29) is 11.5 Å². The van der Waals surface area contributed by atoms with Crippen LogP contribution in [-0.4, -0.2) is 25.5 Å². The highest BCUT2D eigenvalue weighted by Gasteiger charge is 2.14. The Morgan fingerprint density at radius 1 is 1.16 bits per heavy atom. The van der Waals surface area contributed by atoms with Crippen LogP contribution >= 0.6 is 0 Å². The van der Waals surface area contributed by atoms with Crippen LogP contribution in [0.3, 0.4) is 0 Å². The maximum Gasteiger partial charge on any atom is 0.163 e. The van der Waals surface area contributed by atoms with E-state index in [0.29, 0.717) is 28.7 Å². The number of carbonyl (C=O) groups excluding carboxylic acids is 1. The third-order valence-corrected chi connectivity index (χ3v) is 3.62. The molecular formula is C17H15F2N5O. The minimum atomic E-state index is -0.730. The molecule has 128 valence electrons. The van der Waals surface area contributed by atoms with E-state index in [9.17, 15) is 13.6 Å². The van der Waals surface area contributed by atoms with Crippen molar-refractivity contribution in [3.63, 3.8) is 0 Å². The van der Waals surface area contributed by atoms with Gasteiger partial charge in [-0.25, -0.2) is 23.4 Å². The van der Waals surface area contributed by atoms with Crippen LogP contribution in [0.5, 0.6) is 0 Å². The van der Waals surface area contributed by atoms with Gasteiger partial charge in [0.15, 0.2) is 11.6 Å². The number of anilines is 2. The van der Waals surface area contributed by atoms with E-state index in [1.807, 2.05) is 0 Å². The third kappa shape index (κ3) is 3.37. The van der Waals surface area contributed by atoms with Crippen LogP contribution in [0.4, 0.5) is 20.3 Å². The van der Waals surface area contributed by atoms with Crippen molar-refractivity contribution in [2.45, 2.75) is 20.8 Å². The second-order valence-electron chi connectivity index (χ2n) is 5.52. The normalized spacial score (nSPS) is 10.8. The number of hydrogen-bond donors (Lipinski definition) is 1. The fourth-order valence-electron chi connectivity index (χ4n) is 2.44. The molecule has 6 nitrogen and oxygen atoms in total. The van der Waals surface area contributed by atoms with Gasteiger partial charge in [0.1, 0.15) is 23.3 Å². The van der Waals surface area contributed by atoms with Crippen LogP contribution in [0.25, 0.3) is 5.82 Å². The first-order chi connectivity index (χ1) is 11.8. The summed E-state index contributed by atoms with van der Waals surface area (Å²) in [6.45, 7) is 4.90. The standard InChI is InChI=1S/C17H15F2N5O/c1-9-13(10(2)25)8-20-24(9)17-7-16(21-11(3)22-17)23-15-5-4-12(18)6-14(15)19/h4-8H,1-3H3,(H,21,22,23). The quantitative estimate of drug-likeness (QED) is 0.734. The summed E-state index contributed by atoms with van der Waals surface area (Å²) in [6.07, 6.45) is 1.47. The van der Waals surface area contributed by atoms with E-state index in [1.54, 1.807) is 19.9 Å². The van der Waals surface area contributed by atoms with Crippen molar-refractivity contribution in [2.75, 3.05) is 5.32 Å². The molecule has 0 saturated carbocycles. The molecule has 1 aromatic carbocycles. The molecule has 2 aromatic heterocycles. The lowest BCUT2D eigenvalue weighted by atomic mass is 10.2. The lowest BCUT2D eigenvalue weighted by molar-refractivity contribution is 0.101. The van der Waals surface area contributed by atoms with Gasteiger partial charge >= 0.3 is 0 Å². The number of nitrogens with zero attached hydrogens (tertiary/aromatic N) is 4. The summed E-state index contributed by atoms with van der Waals surface area (Å²) in [7, 11) is 0. The van der Waals surface area contributed by atoms with Gasteiger partial charge in [-0.15, -0.1) is 0 Å². The predicted octanol–water partition coefficient (Wildman–Crippen LogP) is 3.50. The molecule has 0 saturated heterocycles. The number of aryl methyl sites for hydroxylation is 1. The number of halogens is 2. The Morgan fingerprint density at radius 2 is 1.92 bits per heavy atom. The highest BCUT2D eigenvalue weighted by molar-refractivity contribution is 5.95. The molecule has 0 aliphatic carbocycles. The lowest BCUT2D eigenvalue weighted by Crippen LogP contribution is -2.07. The average molecular weight is 343 g/mol. The van der Waals surface area contributed by atoms with Crippen LogP contribution < -0.4 is 5.32 Å². The van der Waals surface area contributed by atoms with Crippen LogP contribution in [0, 0.1) is 25.5 Å². The number of hydrogen-bond acceptors (Lipinski definition) is 5. The molecule has 0 fully saturated rings. The number of Topliss-reactive ketones (excluding diaryl/α,β-unsaturated/α-hetero) is 1. The summed E-state index contributed by atoms with van der Waals surface area (Å²) in [5, 5.41) is 6.98. The molecule has 0 amide bonds. The van der Waals surface area contributed by atoms with Crippen molar-refractivity contribution in [1.82, 2.24) is 19.7 Å². The second-order valence-corrected chi connectivity index (χ2v) is 5.52. The van der Waals surface area contributed by atoms with Gasteiger partial charge < -0.3 is 5.32 Å². The van der Waals surface area contributed by atoms with Gasteiger partial charge in [-0.3, -0.25) is 4.79 Å². The molecule has 0 aliphatic heterocycles. The molecule has 3 aromatic rings. The number of rotatable bonds is 4. The molecule has 0 aliphatic rings. The van der Waals surface area contributed by atoms with Gasteiger partial charge in [0.2, 0.25) is 0 Å². The zero-order valence-electron chi connectivity index (χ0n) is 13.8. The van der Waals surface area contributed by atoms with E-state index in [0.717, 1.165) is 12.1 Å². The first-order valence-electron chi connectivity index (χ1n) is 7.49. The first kappa shape index (κ1) is 16.7. The summed E-state index contributed by atoms with van der Waals surface area (Å²) >= 11 is 0. The molecular weight excluding hydrogens is 328 g/mol. The van der Waals surface area contributed by atoms with Gasteiger partial charge in [0.05, 0.1) is 23.1 Å². The first-order valence-corrected chi connectivity index (χ1v) is 7.49. The van der Waals surface area contributed by atoms with Gasteiger partial charge in [-0.05, 0) is 32.9 Å². The summed E-state index contributed by atoms with van der Waals surface area (Å²) in [5.74, 6) is -0.295. The van der Waals surface area contributed by atoms with Gasteiger partial charge in [-0.2, -0.15) is 5.10 Å². The largest absolute Gasteiger partial charge is 0.338 e. The Bertz CT molecular complexity index is 968. The van der Waals surface area contributed by atoms with E-state index in [2.05, 4.69) is 20.4 Å². The molecule has 0 spiro atoms. The number of benzene rings is 1. The van der Waals surface area contributed by atoms with Crippen molar-refractivity contribution in [1.29, 1.82) is 0 Å². The number of aromatic nitrogens is 4. The third-order valence-electron chi connectivity index (χ3n) is 3.62. The molecule has 3 rings (SSSR count). The summed E-state index contributed by atoms with van der Waals surface area (Å²) in [4.78, 5) is 20.1. The van der Waals surface area contributed by atoms with E-state index >= 15 is 0 Å².